The van der Waals surface area contributed by atoms with Gasteiger partial charge in [0, 0.05) is 32.9 Å². The second kappa shape index (κ2) is 6.38. The first kappa shape index (κ1) is 14.3. The Morgan fingerprint density at radius 3 is 2.68 bits per heavy atom. The first-order chi connectivity index (χ1) is 9.08. The highest BCUT2D eigenvalue weighted by Crippen LogP contribution is 2.31. The summed E-state index contributed by atoms with van der Waals surface area (Å²) in [6.45, 7) is 7.04. The molecule has 0 radical (unpaired) electrons. The fourth-order valence-electron chi connectivity index (χ4n) is 2.92. The molecule has 0 aliphatic carbocycles. The van der Waals surface area contributed by atoms with Crippen LogP contribution < -0.4 is 4.90 Å². The number of anilines is 1. The summed E-state index contributed by atoms with van der Waals surface area (Å²) in [7, 11) is 4.07. The van der Waals surface area contributed by atoms with Gasteiger partial charge in [-0.3, -0.25) is 4.90 Å². The van der Waals surface area contributed by atoms with Crippen LogP contribution in [0.4, 0.5) is 5.82 Å². The summed E-state index contributed by atoms with van der Waals surface area (Å²) < 4.78 is 0. The normalized spacial score (nSPS) is 20.8. The topological polar surface area (TPSA) is 19.4 Å². The maximum absolute atomic E-state index is 4.57. The maximum atomic E-state index is 4.57. The van der Waals surface area contributed by atoms with Crippen molar-refractivity contribution in [3.05, 3.63) is 23.9 Å². The van der Waals surface area contributed by atoms with E-state index in [-0.39, 0.29) is 0 Å². The molecule has 0 saturated carbocycles. The fourth-order valence-corrected chi connectivity index (χ4v) is 2.92. The molecule has 0 amide bonds. The molecule has 0 bridgehead atoms. The predicted molar refractivity (Wildman–Crippen MR) is 81.6 cm³/mol. The summed E-state index contributed by atoms with van der Waals surface area (Å²) in [6.07, 6.45) is 6.02. The Bertz CT molecular complexity index is 383. The molecule has 1 fully saturated rings. The molecule has 2 heterocycles. The molecule has 3 heteroatoms. The molecule has 1 aliphatic rings. The number of nitrogens with zero attached hydrogens (tertiary/aromatic N) is 3. The van der Waals surface area contributed by atoms with Crippen LogP contribution in [0.1, 0.15) is 44.7 Å². The van der Waals surface area contributed by atoms with Crippen molar-refractivity contribution in [2.24, 2.45) is 5.92 Å². The van der Waals surface area contributed by atoms with E-state index in [0.717, 1.165) is 11.7 Å². The Morgan fingerprint density at radius 2 is 2.11 bits per heavy atom. The molecule has 1 aromatic heterocycles. The molecule has 1 saturated heterocycles. The van der Waals surface area contributed by atoms with Crippen molar-refractivity contribution < 1.29 is 0 Å². The number of aromatic nitrogens is 1. The first-order valence-corrected chi connectivity index (χ1v) is 7.45. The monoisotopic (exact) mass is 261 g/mol. The van der Waals surface area contributed by atoms with E-state index in [1.54, 1.807) is 0 Å². The van der Waals surface area contributed by atoms with Crippen LogP contribution in [0, 0.1) is 5.92 Å². The molecule has 19 heavy (non-hydrogen) atoms. The average Bonchev–Trinajstić information content (AvgIpc) is 2.39. The largest absolute Gasteiger partial charge is 0.363 e. The minimum atomic E-state index is 0.569. The summed E-state index contributed by atoms with van der Waals surface area (Å²) in [4.78, 5) is 9.26. The highest BCUT2D eigenvalue weighted by Gasteiger charge is 2.24. The van der Waals surface area contributed by atoms with E-state index in [0.29, 0.717) is 6.04 Å². The van der Waals surface area contributed by atoms with Crippen LogP contribution in [0.15, 0.2) is 18.3 Å². The number of hydrogen-bond donors (Lipinski definition) is 0. The Balaban J connectivity index is 2.12. The van der Waals surface area contributed by atoms with E-state index in [4.69, 9.17) is 0 Å². The maximum Gasteiger partial charge on any atom is 0.127 e. The van der Waals surface area contributed by atoms with E-state index >= 15 is 0 Å². The molecule has 1 unspecified atom stereocenters. The highest BCUT2D eigenvalue weighted by molar-refractivity contribution is 5.37. The van der Waals surface area contributed by atoms with Gasteiger partial charge in [-0.2, -0.15) is 0 Å². The van der Waals surface area contributed by atoms with Gasteiger partial charge in [0.15, 0.2) is 0 Å². The predicted octanol–water partition coefficient (Wildman–Crippen LogP) is 3.33. The lowest BCUT2D eigenvalue weighted by molar-refractivity contribution is 0.132. The number of likely N-dealkylation sites (tertiary alicyclic amines) is 1. The molecule has 106 valence electrons. The van der Waals surface area contributed by atoms with Crippen molar-refractivity contribution >= 4 is 5.82 Å². The zero-order valence-electron chi connectivity index (χ0n) is 12.8. The van der Waals surface area contributed by atoms with Crippen LogP contribution >= 0.6 is 0 Å². The van der Waals surface area contributed by atoms with Crippen molar-refractivity contribution in [2.45, 2.75) is 39.2 Å². The van der Waals surface area contributed by atoms with Crippen LogP contribution in [0.2, 0.25) is 0 Å². The van der Waals surface area contributed by atoms with Crippen molar-refractivity contribution in [1.29, 1.82) is 0 Å². The quantitative estimate of drug-likeness (QED) is 0.828. The zero-order chi connectivity index (χ0) is 13.8. The molecule has 2 rings (SSSR count). The van der Waals surface area contributed by atoms with E-state index in [9.17, 15) is 0 Å². The number of piperidine rings is 1. The molecular formula is C16H27N3. The van der Waals surface area contributed by atoms with Gasteiger partial charge < -0.3 is 4.90 Å². The molecule has 0 spiro atoms. The Kier molecular flexibility index (Phi) is 4.81. The van der Waals surface area contributed by atoms with Gasteiger partial charge in [-0.1, -0.05) is 26.3 Å². The van der Waals surface area contributed by atoms with Crippen molar-refractivity contribution in [1.82, 2.24) is 9.88 Å². The first-order valence-electron chi connectivity index (χ1n) is 7.45. The number of hydrogen-bond acceptors (Lipinski definition) is 3. The Morgan fingerprint density at radius 1 is 1.32 bits per heavy atom. The lowest BCUT2D eigenvalue weighted by Crippen LogP contribution is -2.36. The van der Waals surface area contributed by atoms with Crippen LogP contribution in [0.5, 0.6) is 0 Å². The third kappa shape index (κ3) is 3.69. The summed E-state index contributed by atoms with van der Waals surface area (Å²) in [5, 5.41) is 0. The van der Waals surface area contributed by atoms with Crippen LogP contribution in [-0.4, -0.2) is 37.1 Å². The van der Waals surface area contributed by atoms with Crippen LogP contribution in [-0.2, 0) is 0 Å². The van der Waals surface area contributed by atoms with Gasteiger partial charge in [-0.25, -0.2) is 4.98 Å². The minimum absolute atomic E-state index is 0.569. The highest BCUT2D eigenvalue weighted by atomic mass is 15.2. The van der Waals surface area contributed by atoms with Crippen molar-refractivity contribution in [3.63, 3.8) is 0 Å². The molecule has 1 aliphatic heterocycles. The van der Waals surface area contributed by atoms with Gasteiger partial charge in [-0.05, 0) is 36.9 Å². The zero-order valence-corrected chi connectivity index (χ0v) is 12.8. The van der Waals surface area contributed by atoms with Crippen LogP contribution in [0.3, 0.4) is 0 Å². The van der Waals surface area contributed by atoms with E-state index in [2.05, 4.69) is 47.0 Å². The second-order valence-corrected chi connectivity index (χ2v) is 6.24. The molecule has 3 nitrogen and oxygen atoms in total. The van der Waals surface area contributed by atoms with Gasteiger partial charge in [0.2, 0.25) is 0 Å². The molecule has 0 aromatic carbocycles. The second-order valence-electron chi connectivity index (χ2n) is 6.24. The fraction of sp³-hybridized carbons (Fsp3) is 0.688. The van der Waals surface area contributed by atoms with Gasteiger partial charge in [0.25, 0.3) is 0 Å². The number of pyridine rings is 1. The summed E-state index contributed by atoms with van der Waals surface area (Å²) in [5.74, 6) is 1.77. The third-order valence-corrected chi connectivity index (χ3v) is 3.83. The minimum Gasteiger partial charge on any atom is -0.363 e. The Labute approximate surface area is 117 Å². The van der Waals surface area contributed by atoms with Gasteiger partial charge in [0.05, 0.1) is 0 Å². The van der Waals surface area contributed by atoms with Crippen molar-refractivity contribution in [2.75, 3.05) is 32.1 Å². The van der Waals surface area contributed by atoms with Crippen molar-refractivity contribution in [3.8, 4) is 0 Å². The molecular weight excluding hydrogens is 234 g/mol. The molecule has 1 atom stereocenters. The SMILES string of the molecule is CC(C)CN1CCCCC1c1ccc(N(C)C)nc1. The standard InChI is InChI=1S/C16H27N3/c1-13(2)12-19-10-6-5-7-15(19)14-8-9-16(17-11-14)18(3)4/h8-9,11,13,15H,5-7,10,12H2,1-4H3. The van der Waals surface area contributed by atoms with E-state index in [1.807, 2.05) is 14.1 Å². The lowest BCUT2D eigenvalue weighted by Gasteiger charge is -2.37. The Hall–Kier alpha value is -1.09. The van der Waals surface area contributed by atoms with Crippen LogP contribution in [0.25, 0.3) is 0 Å². The lowest BCUT2D eigenvalue weighted by atomic mass is 9.95. The van der Waals surface area contributed by atoms with Gasteiger partial charge >= 0.3 is 0 Å². The summed E-state index contributed by atoms with van der Waals surface area (Å²) >= 11 is 0. The summed E-state index contributed by atoms with van der Waals surface area (Å²) in [6, 6.07) is 4.96. The summed E-state index contributed by atoms with van der Waals surface area (Å²) in [5.41, 5.74) is 1.38. The molecule has 1 aromatic rings. The van der Waals surface area contributed by atoms with Gasteiger partial charge in [0.1, 0.15) is 5.82 Å². The van der Waals surface area contributed by atoms with Gasteiger partial charge in [-0.15, -0.1) is 0 Å². The number of rotatable bonds is 4. The third-order valence-electron chi connectivity index (χ3n) is 3.83. The average molecular weight is 261 g/mol. The van der Waals surface area contributed by atoms with E-state index in [1.165, 1.54) is 37.9 Å². The smallest absolute Gasteiger partial charge is 0.127 e. The van der Waals surface area contributed by atoms with E-state index < -0.39 is 0 Å². The molecule has 0 N–H and O–H groups in total.